The van der Waals surface area contributed by atoms with Crippen LogP contribution in [-0.4, -0.2) is 84.4 Å². The molecule has 9 nitrogen and oxygen atoms in total. The molecule has 1 aromatic carbocycles. The first-order valence-corrected chi connectivity index (χ1v) is 9.65. The zero-order chi connectivity index (χ0) is 20.6. The fraction of sp³-hybridized carbons (Fsp3) is 0.556. The number of rotatable bonds is 12. The van der Waals surface area contributed by atoms with Crippen LogP contribution in [0.3, 0.4) is 0 Å². The molecule has 0 amide bonds. The lowest BCUT2D eigenvalue weighted by Gasteiger charge is -2.12. The molecule has 2 rings (SSSR count). The van der Waals surface area contributed by atoms with Crippen molar-refractivity contribution in [3.63, 3.8) is 0 Å². The Bertz CT molecular complexity index is 688. The van der Waals surface area contributed by atoms with Gasteiger partial charge in [-0.15, -0.1) is 11.8 Å². The number of aliphatic carboxylic acids is 1. The largest absolute Gasteiger partial charge is 0.507 e. The number of carboxylic acid groups (broad SMARTS) is 1. The number of hydrogen-bond donors (Lipinski definition) is 3. The SMILES string of the molecule is COCCOCCOCCOc1cc(O)c(C2=NC(C)(C(=O)O)CS2)c(O)c1. The summed E-state index contributed by atoms with van der Waals surface area (Å²) in [6, 6.07) is 2.70. The monoisotopic (exact) mass is 415 g/mol. The zero-order valence-electron chi connectivity index (χ0n) is 15.8. The van der Waals surface area contributed by atoms with Crippen LogP contribution in [0.25, 0.3) is 0 Å². The highest BCUT2D eigenvalue weighted by Crippen LogP contribution is 2.40. The Kier molecular flexibility index (Phi) is 8.36. The normalized spacial score (nSPS) is 18.9. The minimum Gasteiger partial charge on any atom is -0.507 e. The number of nitrogens with zero attached hydrogens (tertiary/aromatic N) is 1. The van der Waals surface area contributed by atoms with Gasteiger partial charge >= 0.3 is 5.97 Å². The van der Waals surface area contributed by atoms with Gasteiger partial charge in [0, 0.05) is 25.0 Å². The van der Waals surface area contributed by atoms with Crippen LogP contribution in [0.5, 0.6) is 17.2 Å². The summed E-state index contributed by atoms with van der Waals surface area (Å²) in [5.74, 6) is -1.03. The van der Waals surface area contributed by atoms with Gasteiger partial charge in [0.05, 0.1) is 38.6 Å². The second-order valence-corrected chi connectivity index (χ2v) is 7.15. The average Bonchev–Trinajstić information content (AvgIpc) is 3.03. The molecular weight excluding hydrogens is 390 g/mol. The highest BCUT2D eigenvalue weighted by atomic mass is 32.2. The number of hydrogen-bond acceptors (Lipinski definition) is 9. The van der Waals surface area contributed by atoms with Crippen molar-refractivity contribution in [3.8, 4) is 17.2 Å². The Morgan fingerprint density at radius 1 is 1.11 bits per heavy atom. The third kappa shape index (κ3) is 5.99. The molecule has 0 saturated carbocycles. The lowest BCUT2D eigenvalue weighted by atomic mass is 10.1. The summed E-state index contributed by atoms with van der Waals surface area (Å²) < 4.78 is 20.9. The second kappa shape index (κ2) is 10.5. The first kappa shape index (κ1) is 22.3. The molecule has 0 aliphatic carbocycles. The molecule has 0 saturated heterocycles. The zero-order valence-corrected chi connectivity index (χ0v) is 16.7. The smallest absolute Gasteiger partial charge is 0.332 e. The average molecular weight is 415 g/mol. The van der Waals surface area contributed by atoms with E-state index in [1.165, 1.54) is 30.8 Å². The number of ether oxygens (including phenoxy) is 4. The molecule has 28 heavy (non-hydrogen) atoms. The number of benzene rings is 1. The van der Waals surface area contributed by atoms with Gasteiger partial charge in [0.2, 0.25) is 0 Å². The van der Waals surface area contributed by atoms with Gasteiger partial charge in [-0.2, -0.15) is 0 Å². The van der Waals surface area contributed by atoms with Gasteiger partial charge < -0.3 is 34.3 Å². The van der Waals surface area contributed by atoms with E-state index in [9.17, 15) is 20.1 Å². The summed E-state index contributed by atoms with van der Waals surface area (Å²) in [7, 11) is 1.60. The van der Waals surface area contributed by atoms with E-state index in [4.69, 9.17) is 18.9 Å². The summed E-state index contributed by atoms with van der Waals surface area (Å²) >= 11 is 1.17. The summed E-state index contributed by atoms with van der Waals surface area (Å²) in [4.78, 5) is 15.4. The number of thioether (sulfide) groups is 1. The van der Waals surface area contributed by atoms with E-state index in [-0.39, 0.29) is 40.2 Å². The van der Waals surface area contributed by atoms with Gasteiger partial charge in [-0.1, -0.05) is 0 Å². The number of methoxy groups -OCH3 is 1. The third-order valence-corrected chi connectivity index (χ3v) is 5.16. The number of aliphatic imine (C=N–C) groups is 1. The van der Waals surface area contributed by atoms with Crippen LogP contribution < -0.4 is 4.74 Å². The quantitative estimate of drug-likeness (QED) is 0.435. The van der Waals surface area contributed by atoms with E-state index in [2.05, 4.69) is 4.99 Å². The molecule has 0 radical (unpaired) electrons. The standard InChI is InChI=1S/C18H25NO8S/c1-18(17(22)23)11-28-16(19-18)15-13(20)9-12(10-14(15)21)27-8-7-26-6-5-25-4-3-24-2/h9-10,20-21H,3-8,11H2,1-2H3,(H,22,23). The molecule has 1 aliphatic heterocycles. The van der Waals surface area contributed by atoms with E-state index in [1.54, 1.807) is 7.11 Å². The molecule has 1 heterocycles. The molecule has 0 spiro atoms. The van der Waals surface area contributed by atoms with Gasteiger partial charge in [-0.3, -0.25) is 4.99 Å². The van der Waals surface area contributed by atoms with Crippen LogP contribution in [-0.2, 0) is 19.0 Å². The molecule has 10 heteroatoms. The van der Waals surface area contributed by atoms with Crippen LogP contribution in [0, 0.1) is 0 Å². The summed E-state index contributed by atoms with van der Waals surface area (Å²) in [5, 5.41) is 30.0. The Hall–Kier alpha value is -2.01. The highest BCUT2D eigenvalue weighted by Gasteiger charge is 2.39. The molecule has 1 unspecified atom stereocenters. The summed E-state index contributed by atoms with van der Waals surface area (Å²) in [5.41, 5.74) is -1.18. The van der Waals surface area contributed by atoms with Gasteiger partial charge in [-0.05, 0) is 6.92 Å². The fourth-order valence-electron chi connectivity index (χ4n) is 2.31. The molecule has 0 fully saturated rings. The number of phenolic OH excluding ortho intramolecular Hbond substituents is 2. The van der Waals surface area contributed by atoms with Crippen LogP contribution in [0.15, 0.2) is 17.1 Å². The lowest BCUT2D eigenvalue weighted by molar-refractivity contribution is -0.141. The van der Waals surface area contributed by atoms with Crippen molar-refractivity contribution in [1.82, 2.24) is 0 Å². The maximum absolute atomic E-state index is 11.3. The molecule has 3 N–H and O–H groups in total. The number of carbonyl (C=O) groups is 1. The van der Waals surface area contributed by atoms with Gasteiger partial charge in [-0.25, -0.2) is 4.79 Å². The van der Waals surface area contributed by atoms with Crippen molar-refractivity contribution >= 4 is 22.8 Å². The van der Waals surface area contributed by atoms with E-state index in [1.807, 2.05) is 0 Å². The Morgan fingerprint density at radius 3 is 2.21 bits per heavy atom. The first-order valence-electron chi connectivity index (χ1n) is 8.67. The van der Waals surface area contributed by atoms with Crippen LogP contribution >= 0.6 is 11.8 Å². The maximum Gasteiger partial charge on any atom is 0.332 e. The molecule has 0 bridgehead atoms. The van der Waals surface area contributed by atoms with E-state index < -0.39 is 11.5 Å². The van der Waals surface area contributed by atoms with Gasteiger partial charge in [0.15, 0.2) is 5.54 Å². The maximum atomic E-state index is 11.3. The Morgan fingerprint density at radius 2 is 1.68 bits per heavy atom. The minimum atomic E-state index is -1.28. The van der Waals surface area contributed by atoms with Crippen LogP contribution in [0.4, 0.5) is 0 Å². The van der Waals surface area contributed by atoms with E-state index in [0.717, 1.165) is 0 Å². The number of phenols is 2. The predicted octanol–water partition coefficient (Wildman–Crippen LogP) is 1.49. The molecule has 1 atom stereocenters. The van der Waals surface area contributed by atoms with Crippen molar-refractivity contribution < 1.29 is 39.1 Å². The van der Waals surface area contributed by atoms with Crippen molar-refractivity contribution in [2.24, 2.45) is 4.99 Å². The highest BCUT2D eigenvalue weighted by molar-refractivity contribution is 8.14. The Balaban J connectivity index is 1.85. The van der Waals surface area contributed by atoms with E-state index >= 15 is 0 Å². The Labute approximate surface area is 167 Å². The number of carboxylic acids is 1. The van der Waals surface area contributed by atoms with E-state index in [0.29, 0.717) is 33.0 Å². The fourth-order valence-corrected chi connectivity index (χ4v) is 3.53. The first-order chi connectivity index (χ1) is 13.4. The molecular formula is C18H25NO8S. The lowest BCUT2D eigenvalue weighted by Crippen LogP contribution is -2.33. The molecule has 0 aromatic heterocycles. The summed E-state index contributed by atoms with van der Waals surface area (Å²) in [6.45, 7) is 3.95. The molecule has 156 valence electrons. The van der Waals surface area contributed by atoms with Crippen molar-refractivity contribution in [2.75, 3.05) is 52.5 Å². The van der Waals surface area contributed by atoms with Crippen molar-refractivity contribution in [1.29, 1.82) is 0 Å². The van der Waals surface area contributed by atoms with Gasteiger partial charge in [0.25, 0.3) is 0 Å². The van der Waals surface area contributed by atoms with Crippen LogP contribution in [0.2, 0.25) is 0 Å². The number of aromatic hydroxyl groups is 2. The second-order valence-electron chi connectivity index (χ2n) is 6.19. The van der Waals surface area contributed by atoms with Crippen molar-refractivity contribution in [2.45, 2.75) is 12.5 Å². The van der Waals surface area contributed by atoms with Crippen LogP contribution in [0.1, 0.15) is 12.5 Å². The third-order valence-electron chi connectivity index (χ3n) is 3.88. The molecule has 1 aromatic rings. The summed E-state index contributed by atoms with van der Waals surface area (Å²) in [6.07, 6.45) is 0. The minimum absolute atomic E-state index is 0.104. The van der Waals surface area contributed by atoms with Gasteiger partial charge in [0.1, 0.15) is 28.9 Å². The topological polar surface area (TPSA) is 127 Å². The van der Waals surface area contributed by atoms with Crippen molar-refractivity contribution in [3.05, 3.63) is 17.7 Å². The molecule has 1 aliphatic rings. The predicted molar refractivity (Wildman–Crippen MR) is 104 cm³/mol.